The molecule has 0 amide bonds. The number of nitroso groups, excluding NO2 is 1. The molecular formula is C16H17N3O2. The number of hydrogen-bond acceptors (Lipinski definition) is 5. The van der Waals surface area contributed by atoms with E-state index in [9.17, 15) is 10.0 Å². The first-order valence-corrected chi connectivity index (χ1v) is 6.43. The normalized spacial score (nSPS) is 11.9. The van der Waals surface area contributed by atoms with Gasteiger partial charge in [-0.25, -0.2) is 0 Å². The van der Waals surface area contributed by atoms with Crippen LogP contribution in [0.3, 0.4) is 0 Å². The Kier molecular flexibility index (Phi) is 3.93. The van der Waals surface area contributed by atoms with Crippen LogP contribution in [0.5, 0.6) is 5.75 Å². The molecule has 0 saturated heterocycles. The Morgan fingerprint density at radius 1 is 0.952 bits per heavy atom. The van der Waals surface area contributed by atoms with Gasteiger partial charge in [0, 0.05) is 0 Å². The van der Waals surface area contributed by atoms with Gasteiger partial charge in [-0.2, -0.15) is 0 Å². The van der Waals surface area contributed by atoms with Gasteiger partial charge in [0.1, 0.15) is 11.4 Å². The van der Waals surface area contributed by atoms with Gasteiger partial charge in [-0.15, -0.1) is 4.91 Å². The Morgan fingerprint density at radius 3 is 1.95 bits per heavy atom. The summed E-state index contributed by atoms with van der Waals surface area (Å²) in [6, 6.07) is 10.2. The molecule has 0 radical (unpaired) electrons. The molecule has 0 aliphatic rings. The SMILES string of the molecule is C/C(=C(/C)c1ccc(N=O)c(N)c1)c1ccc(O)c(N)c1. The minimum absolute atomic E-state index is 0.0647. The molecule has 5 heteroatoms. The second-order valence-corrected chi connectivity index (χ2v) is 4.89. The van der Waals surface area contributed by atoms with Crippen LogP contribution in [0.15, 0.2) is 41.6 Å². The Labute approximate surface area is 122 Å². The largest absolute Gasteiger partial charge is 0.506 e. The fourth-order valence-electron chi connectivity index (χ4n) is 2.09. The number of nitrogen functional groups attached to an aromatic ring is 2. The molecule has 5 N–H and O–H groups in total. The molecule has 21 heavy (non-hydrogen) atoms. The van der Waals surface area contributed by atoms with E-state index in [-0.39, 0.29) is 11.4 Å². The molecule has 0 heterocycles. The van der Waals surface area contributed by atoms with Gasteiger partial charge in [-0.05, 0) is 65.6 Å². The van der Waals surface area contributed by atoms with E-state index in [0.29, 0.717) is 11.4 Å². The third-order valence-electron chi connectivity index (χ3n) is 3.58. The molecule has 0 unspecified atom stereocenters. The smallest absolute Gasteiger partial charge is 0.138 e. The van der Waals surface area contributed by atoms with Crippen LogP contribution < -0.4 is 11.5 Å². The van der Waals surface area contributed by atoms with Crippen LogP contribution in [-0.4, -0.2) is 5.11 Å². The van der Waals surface area contributed by atoms with Gasteiger partial charge in [-0.3, -0.25) is 0 Å². The van der Waals surface area contributed by atoms with E-state index in [1.807, 2.05) is 13.8 Å². The number of aromatic hydroxyl groups is 1. The lowest BCUT2D eigenvalue weighted by Gasteiger charge is -2.11. The zero-order chi connectivity index (χ0) is 15.6. The highest BCUT2D eigenvalue weighted by atomic mass is 16.3. The first-order chi connectivity index (χ1) is 9.93. The van der Waals surface area contributed by atoms with Crippen molar-refractivity contribution < 1.29 is 5.11 Å². The van der Waals surface area contributed by atoms with E-state index in [1.165, 1.54) is 0 Å². The van der Waals surface area contributed by atoms with Gasteiger partial charge in [0.25, 0.3) is 0 Å². The Balaban J connectivity index is 2.48. The standard InChI is InChI=1S/C16H17N3O2/c1-9(11-3-5-15(19-21)13(17)7-11)10(2)12-4-6-16(20)14(18)8-12/h3-8,20H,17-18H2,1-2H3/b10-9+. The molecule has 2 rings (SSSR count). The zero-order valence-electron chi connectivity index (χ0n) is 11.9. The van der Waals surface area contributed by atoms with Crippen LogP contribution in [0.2, 0.25) is 0 Å². The number of rotatable bonds is 3. The van der Waals surface area contributed by atoms with Crippen molar-refractivity contribution in [3.63, 3.8) is 0 Å². The molecule has 5 nitrogen and oxygen atoms in total. The number of anilines is 2. The monoisotopic (exact) mass is 283 g/mol. The van der Waals surface area contributed by atoms with Crippen molar-refractivity contribution in [2.24, 2.45) is 5.18 Å². The number of phenols is 1. The molecular weight excluding hydrogens is 266 g/mol. The average Bonchev–Trinajstić information content (AvgIpc) is 2.48. The van der Waals surface area contributed by atoms with Crippen molar-refractivity contribution in [3.8, 4) is 5.75 Å². The number of phenolic OH excluding ortho intramolecular Hbond substituents is 1. The van der Waals surface area contributed by atoms with Crippen LogP contribution in [-0.2, 0) is 0 Å². The number of hydrogen-bond donors (Lipinski definition) is 3. The highest BCUT2D eigenvalue weighted by Crippen LogP contribution is 2.32. The van der Waals surface area contributed by atoms with Crippen LogP contribution in [0, 0.1) is 4.91 Å². The molecule has 0 bridgehead atoms. The van der Waals surface area contributed by atoms with Gasteiger partial charge >= 0.3 is 0 Å². The van der Waals surface area contributed by atoms with Crippen molar-refractivity contribution in [1.82, 2.24) is 0 Å². The average molecular weight is 283 g/mol. The van der Waals surface area contributed by atoms with E-state index in [4.69, 9.17) is 11.5 Å². The number of allylic oxidation sites excluding steroid dienone is 2. The topological polar surface area (TPSA) is 102 Å². The third-order valence-corrected chi connectivity index (χ3v) is 3.58. The van der Waals surface area contributed by atoms with Gasteiger partial charge in [0.2, 0.25) is 0 Å². The zero-order valence-corrected chi connectivity index (χ0v) is 11.9. The molecule has 2 aromatic rings. The summed E-state index contributed by atoms with van der Waals surface area (Å²) in [6.45, 7) is 3.92. The lowest BCUT2D eigenvalue weighted by atomic mass is 9.96. The molecule has 2 aromatic carbocycles. The van der Waals surface area contributed by atoms with E-state index in [1.54, 1.807) is 36.4 Å². The number of nitrogens with two attached hydrogens (primary N) is 2. The first kappa shape index (κ1) is 14.6. The molecule has 0 saturated carbocycles. The van der Waals surface area contributed by atoms with Gasteiger partial charge in [-0.1, -0.05) is 12.1 Å². The summed E-state index contributed by atoms with van der Waals surface area (Å²) in [5.74, 6) is 0.0647. The molecule has 108 valence electrons. The maximum atomic E-state index is 10.6. The second kappa shape index (κ2) is 5.66. The highest BCUT2D eigenvalue weighted by Gasteiger charge is 2.08. The summed E-state index contributed by atoms with van der Waals surface area (Å²) < 4.78 is 0. The van der Waals surface area contributed by atoms with Crippen molar-refractivity contribution >= 4 is 28.2 Å². The van der Waals surface area contributed by atoms with Gasteiger partial charge < -0.3 is 16.6 Å². The van der Waals surface area contributed by atoms with E-state index in [0.717, 1.165) is 22.3 Å². The number of benzene rings is 2. The van der Waals surface area contributed by atoms with Gasteiger partial charge in [0.05, 0.1) is 11.4 Å². The summed E-state index contributed by atoms with van der Waals surface area (Å²) in [6.07, 6.45) is 0. The molecule has 0 aliphatic heterocycles. The maximum absolute atomic E-state index is 10.6. The summed E-state index contributed by atoms with van der Waals surface area (Å²) in [7, 11) is 0. The molecule has 0 atom stereocenters. The highest BCUT2D eigenvalue weighted by molar-refractivity contribution is 5.91. The minimum atomic E-state index is 0.0647. The van der Waals surface area contributed by atoms with E-state index >= 15 is 0 Å². The Hall–Kier alpha value is -2.82. The fraction of sp³-hybridized carbons (Fsp3) is 0.125. The lowest BCUT2D eigenvalue weighted by Crippen LogP contribution is -1.92. The Morgan fingerprint density at radius 2 is 1.48 bits per heavy atom. The quantitative estimate of drug-likeness (QED) is 0.344. The third kappa shape index (κ3) is 2.86. The first-order valence-electron chi connectivity index (χ1n) is 6.43. The predicted octanol–water partition coefficient (Wildman–Crippen LogP) is 3.91. The Bertz CT molecular complexity index is 736. The summed E-state index contributed by atoms with van der Waals surface area (Å²) in [5, 5.41) is 12.3. The van der Waals surface area contributed by atoms with Crippen LogP contribution >= 0.6 is 0 Å². The minimum Gasteiger partial charge on any atom is -0.506 e. The fourth-order valence-corrected chi connectivity index (χ4v) is 2.09. The van der Waals surface area contributed by atoms with E-state index < -0.39 is 0 Å². The van der Waals surface area contributed by atoms with Crippen molar-refractivity contribution in [1.29, 1.82) is 0 Å². The molecule has 0 spiro atoms. The van der Waals surface area contributed by atoms with Crippen LogP contribution in [0.4, 0.5) is 17.1 Å². The van der Waals surface area contributed by atoms with E-state index in [2.05, 4.69) is 5.18 Å². The van der Waals surface area contributed by atoms with Crippen molar-refractivity contribution in [2.75, 3.05) is 11.5 Å². The summed E-state index contributed by atoms with van der Waals surface area (Å²) in [4.78, 5) is 10.6. The maximum Gasteiger partial charge on any atom is 0.138 e. The summed E-state index contributed by atoms with van der Waals surface area (Å²) in [5.41, 5.74) is 16.3. The van der Waals surface area contributed by atoms with Crippen molar-refractivity contribution in [3.05, 3.63) is 52.4 Å². The van der Waals surface area contributed by atoms with Gasteiger partial charge in [0.15, 0.2) is 0 Å². The lowest BCUT2D eigenvalue weighted by molar-refractivity contribution is 0.478. The van der Waals surface area contributed by atoms with Crippen molar-refractivity contribution in [2.45, 2.75) is 13.8 Å². The molecule has 0 fully saturated rings. The molecule has 0 aromatic heterocycles. The van der Waals surface area contributed by atoms with Crippen LogP contribution in [0.1, 0.15) is 25.0 Å². The second-order valence-electron chi connectivity index (χ2n) is 4.89. The molecule has 0 aliphatic carbocycles. The number of nitrogens with zero attached hydrogens (tertiary/aromatic N) is 1. The summed E-state index contributed by atoms with van der Waals surface area (Å²) >= 11 is 0. The predicted molar refractivity (Wildman–Crippen MR) is 87.0 cm³/mol. The van der Waals surface area contributed by atoms with Crippen LogP contribution in [0.25, 0.3) is 11.1 Å².